The van der Waals surface area contributed by atoms with Gasteiger partial charge in [0.05, 0.1) is 18.7 Å². The molecule has 140 valence electrons. The maximum atomic E-state index is 10.2. The van der Waals surface area contributed by atoms with E-state index in [9.17, 15) is 5.11 Å². The molecule has 6 heteroatoms. The minimum absolute atomic E-state index is 0.162. The van der Waals surface area contributed by atoms with Gasteiger partial charge >= 0.3 is 0 Å². The van der Waals surface area contributed by atoms with Crippen LogP contribution in [0.25, 0.3) is 0 Å². The molecule has 0 amide bonds. The zero-order valence-electron chi connectivity index (χ0n) is 15.4. The molecular weight excluding hydrogens is 344 g/mol. The van der Waals surface area contributed by atoms with Gasteiger partial charge in [-0.05, 0) is 12.5 Å². The van der Waals surface area contributed by atoms with E-state index in [0.717, 1.165) is 45.8 Å². The molecular formula is C20H28N4OS. The van der Waals surface area contributed by atoms with Gasteiger partial charge < -0.3 is 5.11 Å². The maximum Gasteiger partial charge on any atom is 0.107 e. The van der Waals surface area contributed by atoms with Gasteiger partial charge in [0.2, 0.25) is 0 Å². The zero-order valence-corrected chi connectivity index (χ0v) is 16.2. The van der Waals surface area contributed by atoms with Gasteiger partial charge in [0.15, 0.2) is 0 Å². The van der Waals surface area contributed by atoms with E-state index in [0.29, 0.717) is 6.04 Å². The Morgan fingerprint density at radius 2 is 1.96 bits per heavy atom. The predicted molar refractivity (Wildman–Crippen MR) is 105 cm³/mol. The molecule has 1 aromatic carbocycles. The Labute approximate surface area is 159 Å². The molecule has 2 aliphatic rings. The van der Waals surface area contributed by atoms with Gasteiger partial charge in [0, 0.05) is 56.9 Å². The highest BCUT2D eigenvalue weighted by Crippen LogP contribution is 2.29. The molecule has 0 radical (unpaired) electrons. The molecule has 0 bridgehead atoms. The van der Waals surface area contributed by atoms with Gasteiger partial charge in [0.1, 0.15) is 5.01 Å². The van der Waals surface area contributed by atoms with Crippen molar-refractivity contribution in [1.82, 2.24) is 19.7 Å². The molecule has 4 rings (SSSR count). The molecule has 5 nitrogen and oxygen atoms in total. The highest BCUT2D eigenvalue weighted by molar-refractivity contribution is 7.09. The summed E-state index contributed by atoms with van der Waals surface area (Å²) in [4.78, 5) is 12.0. The normalized spacial score (nSPS) is 28.2. The Morgan fingerprint density at radius 1 is 1.15 bits per heavy atom. The summed E-state index contributed by atoms with van der Waals surface area (Å²) < 4.78 is 0. The third kappa shape index (κ3) is 3.85. The van der Waals surface area contributed by atoms with Crippen LogP contribution in [0.5, 0.6) is 0 Å². The Balaban J connectivity index is 1.46. The minimum Gasteiger partial charge on any atom is -0.394 e. The van der Waals surface area contributed by atoms with Crippen molar-refractivity contribution in [3.05, 3.63) is 52.5 Å². The number of fused-ring (bicyclic) bond motifs is 1. The number of thiazole rings is 1. The number of benzene rings is 1. The van der Waals surface area contributed by atoms with Crippen LogP contribution < -0.4 is 0 Å². The van der Waals surface area contributed by atoms with Gasteiger partial charge in [-0.1, -0.05) is 30.3 Å². The Hall–Kier alpha value is -1.31. The van der Waals surface area contributed by atoms with E-state index in [-0.39, 0.29) is 12.1 Å². The first kappa shape index (κ1) is 18.1. The van der Waals surface area contributed by atoms with E-state index in [1.807, 2.05) is 6.20 Å². The van der Waals surface area contributed by atoms with Crippen LogP contribution in [-0.4, -0.2) is 75.7 Å². The molecule has 0 saturated carbocycles. The van der Waals surface area contributed by atoms with E-state index in [2.05, 4.69) is 62.3 Å². The summed E-state index contributed by atoms with van der Waals surface area (Å²) in [6.07, 6.45) is 1.89. The third-order valence-electron chi connectivity index (χ3n) is 5.73. The topological polar surface area (TPSA) is 42.8 Å². The molecule has 0 aliphatic carbocycles. The molecule has 2 atom stereocenters. The van der Waals surface area contributed by atoms with Crippen molar-refractivity contribution in [3.8, 4) is 0 Å². The lowest BCUT2D eigenvalue weighted by molar-refractivity contribution is -0.0951. The van der Waals surface area contributed by atoms with Gasteiger partial charge in [-0.25, -0.2) is 4.98 Å². The average molecular weight is 373 g/mol. The largest absolute Gasteiger partial charge is 0.394 e. The summed E-state index contributed by atoms with van der Waals surface area (Å²) in [6.45, 7) is 9.40. The van der Waals surface area contributed by atoms with E-state index in [1.54, 1.807) is 11.3 Å². The maximum absolute atomic E-state index is 10.2. The number of hydrogen-bond donors (Lipinski definition) is 1. The Kier molecular flexibility index (Phi) is 5.38. The molecule has 2 saturated heterocycles. The second-order valence-corrected chi connectivity index (χ2v) is 8.80. The second-order valence-electron chi connectivity index (χ2n) is 7.82. The summed E-state index contributed by atoms with van der Waals surface area (Å²) in [6, 6.07) is 11.1. The molecule has 1 N–H and O–H groups in total. The summed E-state index contributed by atoms with van der Waals surface area (Å²) in [5.41, 5.74) is 1.18. The monoisotopic (exact) mass is 372 g/mol. The Bertz CT molecular complexity index is 695. The van der Waals surface area contributed by atoms with E-state index >= 15 is 0 Å². The molecule has 2 fully saturated rings. The standard InChI is InChI=1S/C20H28N4OS/c1-20(16-25)15-23(11-17-5-3-2-4-6-17)13-18-12-22(8-9-24(18)20)14-19-21-7-10-26-19/h2-7,10,18,25H,8-9,11-16H2,1H3/t18-,20-/m0/s1. The SMILES string of the molecule is C[C@@]1(CO)CN(Cc2ccccc2)C[C@@H]2CN(Cc3nccs3)CCN21. The molecule has 3 heterocycles. The highest BCUT2D eigenvalue weighted by Gasteiger charge is 2.44. The lowest BCUT2D eigenvalue weighted by Gasteiger charge is -2.56. The van der Waals surface area contributed by atoms with Crippen molar-refractivity contribution in [2.45, 2.75) is 31.6 Å². The fraction of sp³-hybridized carbons (Fsp3) is 0.550. The first-order valence-electron chi connectivity index (χ1n) is 9.41. The van der Waals surface area contributed by atoms with E-state index in [4.69, 9.17) is 0 Å². The van der Waals surface area contributed by atoms with Crippen molar-refractivity contribution < 1.29 is 5.11 Å². The minimum atomic E-state index is -0.162. The summed E-state index contributed by atoms with van der Waals surface area (Å²) in [5, 5.41) is 13.4. The fourth-order valence-corrected chi connectivity index (χ4v) is 5.15. The zero-order chi connectivity index (χ0) is 18.0. The smallest absolute Gasteiger partial charge is 0.107 e. The number of aliphatic hydroxyl groups is 1. The van der Waals surface area contributed by atoms with Crippen molar-refractivity contribution in [2.24, 2.45) is 0 Å². The van der Waals surface area contributed by atoms with Crippen LogP contribution in [0, 0.1) is 0 Å². The molecule has 0 spiro atoms. The van der Waals surface area contributed by atoms with Crippen molar-refractivity contribution in [2.75, 3.05) is 39.3 Å². The van der Waals surface area contributed by atoms with E-state index < -0.39 is 0 Å². The fourth-order valence-electron chi connectivity index (χ4n) is 4.49. The molecule has 2 aromatic rings. The lowest BCUT2D eigenvalue weighted by atomic mass is 9.91. The molecule has 1 aromatic heterocycles. The quantitative estimate of drug-likeness (QED) is 0.868. The molecule has 0 unspecified atom stereocenters. The number of rotatable bonds is 5. The summed E-state index contributed by atoms with van der Waals surface area (Å²) in [7, 11) is 0. The number of hydrogen-bond acceptors (Lipinski definition) is 6. The summed E-state index contributed by atoms with van der Waals surface area (Å²) in [5.74, 6) is 0. The van der Waals surface area contributed by atoms with Gasteiger partial charge in [0.25, 0.3) is 0 Å². The third-order valence-corrected chi connectivity index (χ3v) is 6.49. The van der Waals surface area contributed by atoms with Crippen LogP contribution in [0.15, 0.2) is 41.9 Å². The lowest BCUT2D eigenvalue weighted by Crippen LogP contribution is -2.71. The van der Waals surface area contributed by atoms with Crippen molar-refractivity contribution >= 4 is 11.3 Å². The highest BCUT2D eigenvalue weighted by atomic mass is 32.1. The first-order chi connectivity index (χ1) is 12.7. The molecule has 2 aliphatic heterocycles. The van der Waals surface area contributed by atoms with Gasteiger partial charge in [-0.3, -0.25) is 14.7 Å². The van der Waals surface area contributed by atoms with Crippen LogP contribution in [0.4, 0.5) is 0 Å². The second kappa shape index (κ2) is 7.74. The number of piperazine rings is 2. The predicted octanol–water partition coefficient (Wildman–Crippen LogP) is 1.90. The van der Waals surface area contributed by atoms with Crippen molar-refractivity contribution in [1.29, 1.82) is 0 Å². The van der Waals surface area contributed by atoms with Crippen LogP contribution in [0.3, 0.4) is 0 Å². The van der Waals surface area contributed by atoms with Crippen LogP contribution >= 0.6 is 11.3 Å². The van der Waals surface area contributed by atoms with Gasteiger partial charge in [-0.2, -0.15) is 0 Å². The number of aliphatic hydroxyl groups excluding tert-OH is 1. The van der Waals surface area contributed by atoms with Crippen molar-refractivity contribution in [3.63, 3.8) is 0 Å². The number of nitrogens with zero attached hydrogens (tertiary/aromatic N) is 4. The first-order valence-corrected chi connectivity index (χ1v) is 10.3. The summed E-state index contributed by atoms with van der Waals surface area (Å²) >= 11 is 1.74. The molecule has 26 heavy (non-hydrogen) atoms. The van der Waals surface area contributed by atoms with Crippen LogP contribution in [-0.2, 0) is 13.1 Å². The van der Waals surface area contributed by atoms with Gasteiger partial charge in [-0.15, -0.1) is 11.3 Å². The average Bonchev–Trinajstić information content (AvgIpc) is 3.15. The van der Waals surface area contributed by atoms with Crippen LogP contribution in [0.1, 0.15) is 17.5 Å². The number of aromatic nitrogens is 1. The van der Waals surface area contributed by atoms with Crippen LogP contribution in [0.2, 0.25) is 0 Å². The van der Waals surface area contributed by atoms with E-state index in [1.165, 1.54) is 10.6 Å². The Morgan fingerprint density at radius 3 is 2.69 bits per heavy atom.